The van der Waals surface area contributed by atoms with E-state index < -0.39 is 0 Å². The number of nitrogens with one attached hydrogen (secondary N) is 2. The van der Waals surface area contributed by atoms with Crippen molar-refractivity contribution in [2.45, 2.75) is 38.1 Å². The summed E-state index contributed by atoms with van der Waals surface area (Å²) in [6, 6.07) is 8.90. The molecule has 2 aromatic rings. The molecule has 26 heavy (non-hydrogen) atoms. The van der Waals surface area contributed by atoms with Crippen LogP contribution in [0.2, 0.25) is 0 Å². The van der Waals surface area contributed by atoms with Crippen molar-refractivity contribution < 1.29 is 4.39 Å². The van der Waals surface area contributed by atoms with Gasteiger partial charge in [-0.1, -0.05) is 18.6 Å². The van der Waals surface area contributed by atoms with Crippen molar-refractivity contribution in [2.24, 2.45) is 12.0 Å². The van der Waals surface area contributed by atoms with Gasteiger partial charge in [0, 0.05) is 31.7 Å². The Balaban J connectivity index is 0.00000243. The Bertz CT molecular complexity index is 722. The minimum absolute atomic E-state index is 0. The molecule has 0 spiro atoms. The molecule has 5 nitrogen and oxygen atoms in total. The third-order valence-corrected chi connectivity index (χ3v) is 5.03. The van der Waals surface area contributed by atoms with E-state index in [4.69, 9.17) is 0 Å². The van der Waals surface area contributed by atoms with Crippen LogP contribution < -0.4 is 10.6 Å². The van der Waals surface area contributed by atoms with Crippen molar-refractivity contribution in [2.75, 3.05) is 13.1 Å². The predicted molar refractivity (Wildman–Crippen MR) is 113 cm³/mol. The number of rotatable bonds is 6. The van der Waals surface area contributed by atoms with Crippen molar-refractivity contribution in [3.8, 4) is 0 Å². The lowest BCUT2D eigenvalue weighted by Gasteiger charge is -2.43. The molecule has 2 N–H and O–H groups in total. The zero-order chi connectivity index (χ0) is 17.7. The number of aliphatic imine (C=N–C) groups is 1. The second kappa shape index (κ2) is 9.34. The van der Waals surface area contributed by atoms with Crippen LogP contribution in [0.3, 0.4) is 0 Å². The van der Waals surface area contributed by atoms with Crippen LogP contribution in [0.15, 0.2) is 41.5 Å². The van der Waals surface area contributed by atoms with Crippen LogP contribution in [0.1, 0.15) is 37.4 Å². The van der Waals surface area contributed by atoms with Crippen LogP contribution in [0.4, 0.5) is 4.39 Å². The molecule has 1 aliphatic rings. The third kappa shape index (κ3) is 4.75. The molecule has 1 aliphatic carbocycles. The number of hydrogen-bond donors (Lipinski definition) is 2. The van der Waals surface area contributed by atoms with Gasteiger partial charge in [-0.3, -0.25) is 4.68 Å². The van der Waals surface area contributed by atoms with E-state index in [2.05, 4.69) is 27.6 Å². The van der Waals surface area contributed by atoms with Crippen molar-refractivity contribution in [3.05, 3.63) is 53.6 Å². The first-order valence-corrected chi connectivity index (χ1v) is 8.88. The highest BCUT2D eigenvalue weighted by molar-refractivity contribution is 14.0. The molecule has 7 heteroatoms. The third-order valence-electron chi connectivity index (χ3n) is 5.03. The molecule has 3 rings (SSSR count). The number of hydrogen-bond acceptors (Lipinski definition) is 2. The maximum atomic E-state index is 13.2. The summed E-state index contributed by atoms with van der Waals surface area (Å²) in [7, 11) is 1.92. The van der Waals surface area contributed by atoms with Crippen LogP contribution in [0, 0.1) is 5.82 Å². The van der Waals surface area contributed by atoms with Crippen molar-refractivity contribution in [3.63, 3.8) is 0 Å². The predicted octanol–water partition coefficient (Wildman–Crippen LogP) is 3.35. The molecule has 0 atom stereocenters. The summed E-state index contributed by atoms with van der Waals surface area (Å²) in [6.07, 6.45) is 5.23. The Labute approximate surface area is 171 Å². The van der Waals surface area contributed by atoms with Gasteiger partial charge in [-0.2, -0.15) is 5.10 Å². The Kier molecular flexibility index (Phi) is 7.43. The molecule has 0 saturated heterocycles. The topological polar surface area (TPSA) is 54.2 Å². The summed E-state index contributed by atoms with van der Waals surface area (Å²) in [6.45, 7) is 4.24. The first kappa shape index (κ1) is 20.7. The molecule has 1 aromatic heterocycles. The molecule has 1 heterocycles. The largest absolute Gasteiger partial charge is 0.357 e. The quantitative estimate of drug-likeness (QED) is 0.386. The average molecular weight is 471 g/mol. The van der Waals surface area contributed by atoms with E-state index >= 15 is 0 Å². The van der Waals surface area contributed by atoms with Crippen LogP contribution >= 0.6 is 24.0 Å². The molecule has 0 aliphatic heterocycles. The van der Waals surface area contributed by atoms with Gasteiger partial charge in [-0.25, -0.2) is 9.38 Å². The van der Waals surface area contributed by atoms with Gasteiger partial charge in [0.1, 0.15) is 5.82 Å². The molecular weight excluding hydrogens is 444 g/mol. The zero-order valence-corrected chi connectivity index (χ0v) is 17.7. The van der Waals surface area contributed by atoms with E-state index in [0.29, 0.717) is 6.54 Å². The molecule has 142 valence electrons. The monoisotopic (exact) mass is 471 g/mol. The van der Waals surface area contributed by atoms with Crippen LogP contribution in [-0.4, -0.2) is 28.8 Å². The zero-order valence-electron chi connectivity index (χ0n) is 15.3. The van der Waals surface area contributed by atoms with Crippen molar-refractivity contribution >= 4 is 29.9 Å². The minimum atomic E-state index is -0.183. The van der Waals surface area contributed by atoms with Gasteiger partial charge in [0.25, 0.3) is 0 Å². The normalized spacial score (nSPS) is 15.7. The van der Waals surface area contributed by atoms with E-state index in [-0.39, 0.29) is 35.2 Å². The van der Waals surface area contributed by atoms with Gasteiger partial charge in [0.2, 0.25) is 0 Å². The van der Waals surface area contributed by atoms with Gasteiger partial charge < -0.3 is 10.6 Å². The molecule has 1 fully saturated rings. The molecule has 0 bridgehead atoms. The molecular formula is C19H27FIN5. The second-order valence-corrected chi connectivity index (χ2v) is 6.64. The van der Waals surface area contributed by atoms with Crippen LogP contribution in [0.25, 0.3) is 0 Å². The Morgan fingerprint density at radius 1 is 1.23 bits per heavy atom. The van der Waals surface area contributed by atoms with Gasteiger partial charge in [-0.05, 0) is 43.5 Å². The van der Waals surface area contributed by atoms with E-state index in [1.165, 1.54) is 12.0 Å². The van der Waals surface area contributed by atoms with E-state index in [1.54, 1.807) is 18.3 Å². The van der Waals surface area contributed by atoms with Gasteiger partial charge in [-0.15, -0.1) is 24.0 Å². The van der Waals surface area contributed by atoms with E-state index in [9.17, 15) is 4.39 Å². The lowest BCUT2D eigenvalue weighted by molar-refractivity contribution is 0.243. The number of nitrogens with zero attached hydrogens (tertiary/aromatic N) is 3. The fraction of sp³-hybridized carbons (Fsp3) is 0.474. The SMILES string of the molecule is CCNC(=NCc1ccnn1C)NCC1(c2ccc(F)cc2)CCC1.I. The average Bonchev–Trinajstić information content (AvgIpc) is 2.98. The Morgan fingerprint density at radius 3 is 2.50 bits per heavy atom. The Morgan fingerprint density at radius 2 is 1.96 bits per heavy atom. The molecule has 0 amide bonds. The van der Waals surface area contributed by atoms with Crippen molar-refractivity contribution in [1.82, 2.24) is 20.4 Å². The lowest BCUT2D eigenvalue weighted by Crippen LogP contribution is -2.48. The first-order chi connectivity index (χ1) is 12.1. The van der Waals surface area contributed by atoms with E-state index in [1.807, 2.05) is 29.9 Å². The van der Waals surface area contributed by atoms with Gasteiger partial charge in [0.05, 0.1) is 12.2 Å². The van der Waals surface area contributed by atoms with Gasteiger partial charge >= 0.3 is 0 Å². The fourth-order valence-corrected chi connectivity index (χ4v) is 3.29. The summed E-state index contributed by atoms with van der Waals surface area (Å²) in [4.78, 5) is 4.66. The molecule has 1 aromatic carbocycles. The number of aryl methyl sites for hydroxylation is 1. The highest BCUT2D eigenvalue weighted by Crippen LogP contribution is 2.43. The number of guanidine groups is 1. The highest BCUT2D eigenvalue weighted by Gasteiger charge is 2.38. The maximum absolute atomic E-state index is 13.2. The lowest BCUT2D eigenvalue weighted by atomic mass is 9.64. The Hall–Kier alpha value is -1.64. The molecule has 0 unspecified atom stereocenters. The van der Waals surface area contributed by atoms with Gasteiger partial charge in [0.15, 0.2) is 5.96 Å². The number of benzene rings is 1. The standard InChI is InChI=1S/C19H26FN5.HI/c1-3-21-18(22-13-17-9-12-24-25(17)2)23-14-19(10-4-11-19)15-5-7-16(20)8-6-15;/h5-9,12H,3-4,10-11,13-14H2,1-2H3,(H2,21,22,23);1H. The number of halogens is 2. The fourth-order valence-electron chi connectivity index (χ4n) is 3.29. The highest BCUT2D eigenvalue weighted by atomic mass is 127. The summed E-state index contributed by atoms with van der Waals surface area (Å²) < 4.78 is 15.1. The maximum Gasteiger partial charge on any atom is 0.191 e. The summed E-state index contributed by atoms with van der Waals surface area (Å²) in [5.74, 6) is 0.620. The molecule has 1 saturated carbocycles. The smallest absolute Gasteiger partial charge is 0.191 e. The number of aromatic nitrogens is 2. The summed E-state index contributed by atoms with van der Waals surface area (Å²) in [5, 5.41) is 10.9. The first-order valence-electron chi connectivity index (χ1n) is 8.88. The molecule has 0 radical (unpaired) electrons. The summed E-state index contributed by atoms with van der Waals surface area (Å²) in [5.41, 5.74) is 2.35. The minimum Gasteiger partial charge on any atom is -0.357 e. The van der Waals surface area contributed by atoms with Crippen molar-refractivity contribution in [1.29, 1.82) is 0 Å². The van der Waals surface area contributed by atoms with E-state index in [0.717, 1.165) is 37.6 Å². The van der Waals surface area contributed by atoms with Crippen LogP contribution in [0.5, 0.6) is 0 Å². The summed E-state index contributed by atoms with van der Waals surface area (Å²) >= 11 is 0. The second-order valence-electron chi connectivity index (χ2n) is 6.64. The van der Waals surface area contributed by atoms with Crippen LogP contribution in [-0.2, 0) is 19.0 Å².